The molecule has 3 heteroatoms. The monoisotopic (exact) mass is 255 g/mol. The molecule has 19 heavy (non-hydrogen) atoms. The lowest BCUT2D eigenvalue weighted by atomic mass is 10.0. The van der Waals surface area contributed by atoms with Gasteiger partial charge in [-0.25, -0.2) is 0 Å². The molecule has 98 valence electrons. The highest BCUT2D eigenvalue weighted by Gasteiger charge is 2.26. The predicted molar refractivity (Wildman–Crippen MR) is 74.5 cm³/mol. The van der Waals surface area contributed by atoms with Gasteiger partial charge in [0.15, 0.2) is 11.5 Å². The Hall–Kier alpha value is -2.00. The number of nitrogens with two attached hydrogens (primary N) is 1. The van der Waals surface area contributed by atoms with Crippen LogP contribution >= 0.6 is 0 Å². The van der Waals surface area contributed by atoms with Gasteiger partial charge in [-0.3, -0.25) is 0 Å². The first-order chi connectivity index (χ1) is 9.33. The molecule has 2 atom stereocenters. The number of hydrogen-bond donors (Lipinski definition) is 1. The lowest BCUT2D eigenvalue weighted by Crippen LogP contribution is -2.46. The summed E-state index contributed by atoms with van der Waals surface area (Å²) in [5, 5.41) is 0. The molecule has 2 N–H and O–H groups in total. The third-order valence-electron chi connectivity index (χ3n) is 3.32. The van der Waals surface area contributed by atoms with Crippen LogP contribution in [-0.4, -0.2) is 18.8 Å². The van der Waals surface area contributed by atoms with Gasteiger partial charge in [0.2, 0.25) is 0 Å². The first-order valence-electron chi connectivity index (χ1n) is 6.51. The minimum atomic E-state index is -0.102. The molecule has 1 aliphatic rings. The highest BCUT2D eigenvalue weighted by Crippen LogP contribution is 2.31. The van der Waals surface area contributed by atoms with E-state index in [1.807, 2.05) is 42.5 Å². The van der Waals surface area contributed by atoms with Gasteiger partial charge in [0.05, 0.1) is 0 Å². The van der Waals surface area contributed by atoms with Crippen molar-refractivity contribution in [2.24, 2.45) is 5.73 Å². The molecule has 0 radical (unpaired) electrons. The van der Waals surface area contributed by atoms with Crippen LogP contribution < -0.4 is 15.2 Å². The molecule has 0 saturated carbocycles. The summed E-state index contributed by atoms with van der Waals surface area (Å²) < 4.78 is 11.6. The molecule has 0 spiro atoms. The molecule has 2 unspecified atom stereocenters. The van der Waals surface area contributed by atoms with Gasteiger partial charge in [-0.05, 0) is 24.1 Å². The Balaban J connectivity index is 1.68. The second-order valence-corrected chi connectivity index (χ2v) is 4.77. The summed E-state index contributed by atoms with van der Waals surface area (Å²) in [4.78, 5) is 0. The third kappa shape index (κ3) is 2.71. The molecule has 0 fully saturated rings. The van der Waals surface area contributed by atoms with E-state index in [-0.39, 0.29) is 12.1 Å². The maximum absolute atomic E-state index is 6.23. The molecule has 0 aliphatic carbocycles. The predicted octanol–water partition coefficient (Wildman–Crippen LogP) is 2.40. The summed E-state index contributed by atoms with van der Waals surface area (Å²) in [6.45, 7) is 0.505. The van der Waals surface area contributed by atoms with Crippen LogP contribution in [0.2, 0.25) is 0 Å². The van der Waals surface area contributed by atoms with Gasteiger partial charge >= 0.3 is 0 Å². The van der Waals surface area contributed by atoms with Gasteiger partial charge in [0, 0.05) is 6.04 Å². The average Bonchev–Trinajstić information content (AvgIpc) is 2.48. The first-order valence-corrected chi connectivity index (χ1v) is 6.51. The Labute approximate surface area is 113 Å². The topological polar surface area (TPSA) is 44.5 Å². The fraction of sp³-hybridized carbons (Fsp3) is 0.250. The Morgan fingerprint density at radius 1 is 1.00 bits per heavy atom. The SMILES string of the molecule is NC(Cc1ccccc1)C1COc2ccccc2O1. The quantitative estimate of drug-likeness (QED) is 0.916. The number of ether oxygens (including phenoxy) is 2. The maximum atomic E-state index is 6.23. The van der Waals surface area contributed by atoms with Gasteiger partial charge in [0.1, 0.15) is 12.7 Å². The molecule has 1 heterocycles. The highest BCUT2D eigenvalue weighted by molar-refractivity contribution is 5.40. The van der Waals surface area contributed by atoms with Crippen LogP contribution in [0.3, 0.4) is 0 Å². The van der Waals surface area contributed by atoms with Crippen molar-refractivity contribution in [3.8, 4) is 11.5 Å². The van der Waals surface area contributed by atoms with Crippen molar-refractivity contribution in [1.29, 1.82) is 0 Å². The molecule has 2 aromatic rings. The largest absolute Gasteiger partial charge is 0.486 e. The summed E-state index contributed by atoms with van der Waals surface area (Å²) in [6.07, 6.45) is 0.687. The molecule has 0 bridgehead atoms. The summed E-state index contributed by atoms with van der Waals surface area (Å²) in [5.41, 5.74) is 7.45. The summed E-state index contributed by atoms with van der Waals surface area (Å²) in [5.74, 6) is 1.58. The van der Waals surface area contributed by atoms with Crippen LogP contribution in [0.25, 0.3) is 0 Å². The van der Waals surface area contributed by atoms with E-state index >= 15 is 0 Å². The van der Waals surface area contributed by atoms with Crippen molar-refractivity contribution < 1.29 is 9.47 Å². The minimum absolute atomic E-state index is 0.0734. The summed E-state index contributed by atoms with van der Waals surface area (Å²) in [6, 6.07) is 17.8. The van der Waals surface area contributed by atoms with E-state index in [1.165, 1.54) is 5.56 Å². The highest BCUT2D eigenvalue weighted by atomic mass is 16.6. The van der Waals surface area contributed by atoms with E-state index in [2.05, 4.69) is 12.1 Å². The molecule has 1 aliphatic heterocycles. The standard InChI is InChI=1S/C16H17NO2/c17-13(10-12-6-2-1-3-7-12)16-11-18-14-8-4-5-9-15(14)19-16/h1-9,13,16H,10-11,17H2. The number of rotatable bonds is 3. The smallest absolute Gasteiger partial charge is 0.161 e. The van der Waals surface area contributed by atoms with E-state index in [1.54, 1.807) is 0 Å². The second-order valence-electron chi connectivity index (χ2n) is 4.77. The van der Waals surface area contributed by atoms with Crippen molar-refractivity contribution in [2.45, 2.75) is 18.6 Å². The van der Waals surface area contributed by atoms with Gasteiger partial charge in [-0.2, -0.15) is 0 Å². The number of para-hydroxylation sites is 2. The van der Waals surface area contributed by atoms with Gasteiger partial charge < -0.3 is 15.2 Å². The van der Waals surface area contributed by atoms with Gasteiger partial charge in [-0.1, -0.05) is 42.5 Å². The fourth-order valence-corrected chi connectivity index (χ4v) is 2.26. The molecule has 3 rings (SSSR count). The maximum Gasteiger partial charge on any atom is 0.161 e. The zero-order valence-corrected chi connectivity index (χ0v) is 10.7. The summed E-state index contributed by atoms with van der Waals surface area (Å²) >= 11 is 0. The Morgan fingerprint density at radius 2 is 1.68 bits per heavy atom. The molecule has 0 amide bonds. The average molecular weight is 255 g/mol. The van der Waals surface area contributed by atoms with Gasteiger partial charge in [-0.15, -0.1) is 0 Å². The van der Waals surface area contributed by atoms with Crippen LogP contribution in [-0.2, 0) is 6.42 Å². The van der Waals surface area contributed by atoms with Crippen LogP contribution in [0.4, 0.5) is 0 Å². The van der Waals surface area contributed by atoms with E-state index < -0.39 is 0 Å². The lowest BCUT2D eigenvalue weighted by Gasteiger charge is -2.30. The van der Waals surface area contributed by atoms with Crippen molar-refractivity contribution in [1.82, 2.24) is 0 Å². The molecule has 3 nitrogen and oxygen atoms in total. The van der Waals surface area contributed by atoms with Crippen LogP contribution in [0, 0.1) is 0 Å². The van der Waals surface area contributed by atoms with E-state index in [4.69, 9.17) is 15.2 Å². The molecular weight excluding hydrogens is 238 g/mol. The molecular formula is C16H17NO2. The number of hydrogen-bond acceptors (Lipinski definition) is 3. The van der Waals surface area contributed by atoms with Gasteiger partial charge in [0.25, 0.3) is 0 Å². The van der Waals surface area contributed by atoms with E-state index in [0.717, 1.165) is 17.9 Å². The molecule has 2 aromatic carbocycles. The minimum Gasteiger partial charge on any atom is -0.486 e. The molecule has 0 saturated heterocycles. The van der Waals surface area contributed by atoms with E-state index in [9.17, 15) is 0 Å². The normalized spacial score (nSPS) is 18.9. The lowest BCUT2D eigenvalue weighted by molar-refractivity contribution is 0.0723. The Bertz CT molecular complexity index is 541. The van der Waals surface area contributed by atoms with Crippen LogP contribution in [0.15, 0.2) is 54.6 Å². The second kappa shape index (κ2) is 5.33. The fourth-order valence-electron chi connectivity index (χ4n) is 2.26. The number of benzene rings is 2. The Kier molecular flexibility index (Phi) is 3.38. The van der Waals surface area contributed by atoms with Crippen molar-refractivity contribution >= 4 is 0 Å². The van der Waals surface area contributed by atoms with E-state index in [0.29, 0.717) is 6.61 Å². The van der Waals surface area contributed by atoms with Crippen LogP contribution in [0.5, 0.6) is 11.5 Å². The molecule has 0 aromatic heterocycles. The van der Waals surface area contributed by atoms with Crippen LogP contribution in [0.1, 0.15) is 5.56 Å². The third-order valence-corrected chi connectivity index (χ3v) is 3.32. The zero-order valence-electron chi connectivity index (χ0n) is 10.7. The number of fused-ring (bicyclic) bond motifs is 1. The van der Waals surface area contributed by atoms with Crippen molar-refractivity contribution in [2.75, 3.05) is 6.61 Å². The summed E-state index contributed by atoms with van der Waals surface area (Å²) in [7, 11) is 0. The Morgan fingerprint density at radius 3 is 2.47 bits per heavy atom. The first kappa shape index (κ1) is 12.1. The van der Waals surface area contributed by atoms with Crippen molar-refractivity contribution in [3.05, 3.63) is 60.2 Å². The zero-order chi connectivity index (χ0) is 13.1. The van der Waals surface area contributed by atoms with Crippen molar-refractivity contribution in [3.63, 3.8) is 0 Å².